The van der Waals surface area contributed by atoms with Gasteiger partial charge in [-0.25, -0.2) is 4.79 Å². The van der Waals surface area contributed by atoms with E-state index < -0.39 is 0 Å². The van der Waals surface area contributed by atoms with Crippen molar-refractivity contribution in [1.82, 2.24) is 0 Å². The van der Waals surface area contributed by atoms with Crippen LogP contribution in [0.3, 0.4) is 0 Å². The zero-order chi connectivity index (χ0) is 11.4. The predicted octanol–water partition coefficient (Wildman–Crippen LogP) is 3.26. The fraction of sp³-hybridized carbons (Fsp3) is 0.357. The van der Waals surface area contributed by atoms with Crippen molar-refractivity contribution in [3.8, 4) is 0 Å². The molecule has 1 aliphatic heterocycles. The number of carbonyl (C=O) groups is 1. The van der Waals surface area contributed by atoms with Crippen molar-refractivity contribution in [2.75, 3.05) is 0 Å². The molecule has 2 rings (SSSR count). The molecule has 0 spiro atoms. The predicted molar refractivity (Wildman–Crippen MR) is 63.3 cm³/mol. The summed E-state index contributed by atoms with van der Waals surface area (Å²) in [6, 6.07) is 5.94. The average Bonchev–Trinajstić information content (AvgIpc) is 2.66. The van der Waals surface area contributed by atoms with Crippen LogP contribution in [0.2, 0.25) is 0 Å². The monoisotopic (exact) mass is 216 g/mol. The van der Waals surface area contributed by atoms with Crippen LogP contribution in [0.25, 0.3) is 0 Å². The molecule has 0 amide bonds. The smallest absolute Gasteiger partial charge is 0.338 e. The molecule has 0 radical (unpaired) electrons. The highest BCUT2D eigenvalue weighted by atomic mass is 16.5. The number of ether oxygens (including phenoxy) is 1. The lowest BCUT2D eigenvalue weighted by atomic mass is 10.0. The van der Waals surface area contributed by atoms with Crippen LogP contribution in [0.1, 0.15) is 41.3 Å². The molecule has 1 aromatic carbocycles. The minimum absolute atomic E-state index is 0.192. The Kier molecular flexibility index (Phi) is 3.40. The Morgan fingerprint density at radius 3 is 3.06 bits per heavy atom. The van der Waals surface area contributed by atoms with Crippen molar-refractivity contribution in [2.24, 2.45) is 0 Å². The van der Waals surface area contributed by atoms with Gasteiger partial charge in [0.2, 0.25) is 0 Å². The first-order valence-electron chi connectivity index (χ1n) is 5.75. The van der Waals surface area contributed by atoms with Crippen molar-refractivity contribution in [2.45, 2.75) is 32.8 Å². The highest BCUT2D eigenvalue weighted by Gasteiger charge is 2.20. The van der Waals surface area contributed by atoms with Crippen molar-refractivity contribution in [1.29, 1.82) is 0 Å². The summed E-state index contributed by atoms with van der Waals surface area (Å²) in [5.41, 5.74) is 2.98. The highest BCUT2D eigenvalue weighted by Crippen LogP contribution is 2.21. The fourth-order valence-corrected chi connectivity index (χ4v) is 1.82. The molecule has 0 bridgehead atoms. The van der Waals surface area contributed by atoms with Crippen LogP contribution < -0.4 is 0 Å². The quantitative estimate of drug-likeness (QED) is 0.570. The van der Waals surface area contributed by atoms with E-state index in [1.807, 2.05) is 12.1 Å². The van der Waals surface area contributed by atoms with E-state index in [0.29, 0.717) is 6.61 Å². The van der Waals surface area contributed by atoms with Gasteiger partial charge in [0.1, 0.15) is 6.61 Å². The van der Waals surface area contributed by atoms with Gasteiger partial charge in [0.25, 0.3) is 0 Å². The van der Waals surface area contributed by atoms with Gasteiger partial charge in [-0.1, -0.05) is 37.6 Å². The van der Waals surface area contributed by atoms with Crippen LogP contribution in [0.15, 0.2) is 30.4 Å². The van der Waals surface area contributed by atoms with E-state index >= 15 is 0 Å². The number of unbranched alkanes of at least 4 members (excludes halogenated alkanes) is 1. The van der Waals surface area contributed by atoms with Crippen LogP contribution >= 0.6 is 0 Å². The number of hydrogen-bond acceptors (Lipinski definition) is 2. The van der Waals surface area contributed by atoms with Gasteiger partial charge in [-0.15, -0.1) is 0 Å². The molecule has 0 N–H and O–H groups in total. The number of esters is 1. The Hall–Kier alpha value is -1.57. The summed E-state index contributed by atoms with van der Waals surface area (Å²) in [7, 11) is 0. The van der Waals surface area contributed by atoms with E-state index in [1.54, 1.807) is 0 Å². The first kappa shape index (κ1) is 10.9. The molecule has 16 heavy (non-hydrogen) atoms. The Morgan fingerprint density at radius 1 is 1.38 bits per heavy atom. The highest BCUT2D eigenvalue weighted by molar-refractivity contribution is 5.93. The van der Waals surface area contributed by atoms with Gasteiger partial charge >= 0.3 is 5.97 Å². The molecular formula is C14H16O2. The number of rotatable bonds is 4. The summed E-state index contributed by atoms with van der Waals surface area (Å²) in [5.74, 6) is -0.192. The van der Waals surface area contributed by atoms with E-state index in [2.05, 4.69) is 25.1 Å². The third-order valence-corrected chi connectivity index (χ3v) is 2.72. The molecule has 0 saturated carbocycles. The number of cyclic esters (lactones) is 1. The van der Waals surface area contributed by atoms with Crippen LogP contribution in [0.5, 0.6) is 0 Å². The standard InChI is InChI=1S/C14H16O2/c1-2-3-4-5-6-11-7-8-13-12(9-11)10-16-14(13)15/h4-5,7-9H,2-3,6,10H2,1H3/b5-4+. The van der Waals surface area contributed by atoms with Gasteiger partial charge in [0.05, 0.1) is 5.56 Å². The third-order valence-electron chi connectivity index (χ3n) is 2.72. The Bertz CT molecular complexity index is 419. The maximum absolute atomic E-state index is 11.2. The number of hydrogen-bond donors (Lipinski definition) is 0. The lowest BCUT2D eigenvalue weighted by Gasteiger charge is -1.99. The minimum atomic E-state index is -0.192. The summed E-state index contributed by atoms with van der Waals surface area (Å²) in [4.78, 5) is 11.2. The van der Waals surface area contributed by atoms with Crippen LogP contribution in [-0.4, -0.2) is 5.97 Å². The second-order valence-electron chi connectivity index (χ2n) is 4.03. The Morgan fingerprint density at radius 2 is 2.25 bits per heavy atom. The molecule has 1 aromatic rings. The normalized spacial score (nSPS) is 14.2. The van der Waals surface area contributed by atoms with Crippen LogP contribution in [0, 0.1) is 0 Å². The zero-order valence-electron chi connectivity index (χ0n) is 9.53. The Balaban J connectivity index is 2.05. The lowest BCUT2D eigenvalue weighted by Crippen LogP contribution is -1.93. The second kappa shape index (κ2) is 4.97. The maximum atomic E-state index is 11.2. The molecule has 1 aliphatic rings. The molecule has 84 valence electrons. The fourth-order valence-electron chi connectivity index (χ4n) is 1.82. The number of benzene rings is 1. The first-order chi connectivity index (χ1) is 7.81. The summed E-state index contributed by atoms with van der Waals surface area (Å²) in [5, 5.41) is 0. The van der Waals surface area contributed by atoms with Gasteiger partial charge in [-0.2, -0.15) is 0 Å². The van der Waals surface area contributed by atoms with Crippen LogP contribution in [-0.2, 0) is 17.8 Å². The maximum Gasteiger partial charge on any atom is 0.338 e. The number of fused-ring (bicyclic) bond motifs is 1. The molecular weight excluding hydrogens is 200 g/mol. The van der Waals surface area contributed by atoms with E-state index in [9.17, 15) is 4.79 Å². The molecule has 0 unspecified atom stereocenters. The van der Waals surface area contributed by atoms with Gasteiger partial charge in [0, 0.05) is 5.56 Å². The van der Waals surface area contributed by atoms with Crippen molar-refractivity contribution < 1.29 is 9.53 Å². The minimum Gasteiger partial charge on any atom is -0.457 e. The van der Waals surface area contributed by atoms with E-state index in [0.717, 1.165) is 24.0 Å². The molecule has 0 saturated heterocycles. The topological polar surface area (TPSA) is 26.3 Å². The van der Waals surface area contributed by atoms with Crippen molar-refractivity contribution >= 4 is 5.97 Å². The van der Waals surface area contributed by atoms with Gasteiger partial charge < -0.3 is 4.74 Å². The summed E-state index contributed by atoms with van der Waals surface area (Å²) in [6.45, 7) is 2.60. The molecule has 0 aliphatic carbocycles. The van der Waals surface area contributed by atoms with E-state index in [1.165, 1.54) is 12.0 Å². The first-order valence-corrected chi connectivity index (χ1v) is 5.75. The van der Waals surface area contributed by atoms with E-state index in [-0.39, 0.29) is 5.97 Å². The molecule has 0 atom stereocenters. The van der Waals surface area contributed by atoms with Gasteiger partial charge in [-0.05, 0) is 24.5 Å². The third kappa shape index (κ3) is 2.32. The van der Waals surface area contributed by atoms with E-state index in [4.69, 9.17) is 4.74 Å². The summed E-state index contributed by atoms with van der Waals surface area (Å²) < 4.78 is 4.96. The lowest BCUT2D eigenvalue weighted by molar-refractivity contribution is 0.0535. The molecule has 2 heteroatoms. The average molecular weight is 216 g/mol. The molecule has 2 nitrogen and oxygen atoms in total. The molecule has 1 heterocycles. The Labute approximate surface area is 95.9 Å². The largest absolute Gasteiger partial charge is 0.457 e. The SMILES string of the molecule is CCC/C=C/Cc1ccc2c(c1)COC2=O. The molecule has 0 aromatic heterocycles. The number of allylic oxidation sites excluding steroid dienone is 2. The zero-order valence-corrected chi connectivity index (χ0v) is 9.53. The van der Waals surface area contributed by atoms with Crippen molar-refractivity contribution in [3.05, 3.63) is 47.0 Å². The van der Waals surface area contributed by atoms with Gasteiger partial charge in [0.15, 0.2) is 0 Å². The summed E-state index contributed by atoms with van der Waals surface area (Å²) >= 11 is 0. The van der Waals surface area contributed by atoms with Crippen LogP contribution in [0.4, 0.5) is 0 Å². The second-order valence-corrected chi connectivity index (χ2v) is 4.03. The summed E-state index contributed by atoms with van der Waals surface area (Å²) in [6.07, 6.45) is 7.63. The van der Waals surface area contributed by atoms with Crippen molar-refractivity contribution in [3.63, 3.8) is 0 Å². The van der Waals surface area contributed by atoms with Gasteiger partial charge in [-0.3, -0.25) is 0 Å². The molecule has 0 fully saturated rings. The number of carbonyl (C=O) groups excluding carboxylic acids is 1.